The smallest absolute Gasteiger partial charge is 0.143 e. The standard InChI is InChI=1S/C60H39NOS/c1-3-16-41(17-4-1)47-22-7-8-25-53(47)59-48(42-18-5-2-6-19-42)26-15-29-55(59)61(45-35-32-40(33-36-45)43-34-37-52-51-24-10-12-31-57(51)63-58(52)39-43)46-21-13-20-44(38-46)49-27-14-28-54-50-23-9-11-30-56(50)62-60(49)54/h1-39H. The van der Waals surface area contributed by atoms with Gasteiger partial charge in [-0.25, -0.2) is 0 Å². The molecule has 0 aliphatic rings. The molecule has 0 radical (unpaired) electrons. The van der Waals surface area contributed by atoms with E-state index in [0.717, 1.165) is 66.8 Å². The maximum Gasteiger partial charge on any atom is 0.143 e. The summed E-state index contributed by atoms with van der Waals surface area (Å²) in [5.41, 5.74) is 16.5. The van der Waals surface area contributed by atoms with Crippen molar-refractivity contribution in [1.82, 2.24) is 0 Å². The Hall–Kier alpha value is -7.98. The monoisotopic (exact) mass is 821 g/mol. The van der Waals surface area contributed by atoms with Crippen LogP contribution in [-0.2, 0) is 0 Å². The van der Waals surface area contributed by atoms with Crippen LogP contribution in [0.2, 0.25) is 0 Å². The Balaban J connectivity index is 1.08. The highest BCUT2D eigenvalue weighted by Crippen LogP contribution is 2.49. The fourth-order valence-corrected chi connectivity index (χ4v) is 10.5. The molecule has 10 aromatic carbocycles. The largest absolute Gasteiger partial charge is 0.455 e. The molecule has 296 valence electrons. The lowest BCUT2D eigenvalue weighted by Crippen LogP contribution is -2.12. The van der Waals surface area contributed by atoms with Crippen LogP contribution in [0.25, 0.3) is 97.7 Å². The Kier molecular flexibility index (Phi) is 9.06. The van der Waals surface area contributed by atoms with Gasteiger partial charge in [0.2, 0.25) is 0 Å². The van der Waals surface area contributed by atoms with Crippen molar-refractivity contribution < 1.29 is 4.42 Å². The molecule has 12 rings (SSSR count). The van der Waals surface area contributed by atoms with Gasteiger partial charge in [0, 0.05) is 53.4 Å². The first-order valence-corrected chi connectivity index (χ1v) is 22.2. The molecule has 0 fully saturated rings. The molecule has 0 saturated carbocycles. The van der Waals surface area contributed by atoms with Gasteiger partial charge in [0.1, 0.15) is 11.2 Å². The quantitative estimate of drug-likeness (QED) is 0.152. The summed E-state index contributed by atoms with van der Waals surface area (Å²) in [5, 5.41) is 4.86. The first-order valence-electron chi connectivity index (χ1n) is 21.4. The molecule has 12 aromatic rings. The number of anilines is 3. The Bertz CT molecular complexity index is 3620. The van der Waals surface area contributed by atoms with E-state index in [2.05, 4.69) is 235 Å². The molecule has 0 atom stereocenters. The average Bonchev–Trinajstić information content (AvgIpc) is 3.93. The summed E-state index contributed by atoms with van der Waals surface area (Å²) in [4.78, 5) is 2.44. The molecule has 0 spiro atoms. The summed E-state index contributed by atoms with van der Waals surface area (Å²) in [6.45, 7) is 0. The SMILES string of the molecule is c1ccc(-c2ccccc2-c2c(-c3ccccc3)cccc2N(c2ccc(-c3ccc4c(c3)sc3ccccc34)cc2)c2cccc(-c3cccc4c3oc3ccccc34)c2)cc1. The van der Waals surface area contributed by atoms with E-state index in [-0.39, 0.29) is 0 Å². The number of nitrogens with zero attached hydrogens (tertiary/aromatic N) is 1. The zero-order valence-corrected chi connectivity index (χ0v) is 35.1. The van der Waals surface area contributed by atoms with Crippen molar-refractivity contribution in [1.29, 1.82) is 0 Å². The van der Waals surface area contributed by atoms with Crippen LogP contribution in [0.4, 0.5) is 17.1 Å². The van der Waals surface area contributed by atoms with E-state index >= 15 is 0 Å². The van der Waals surface area contributed by atoms with Crippen molar-refractivity contribution in [3.63, 3.8) is 0 Å². The van der Waals surface area contributed by atoms with Crippen LogP contribution >= 0.6 is 11.3 Å². The van der Waals surface area contributed by atoms with E-state index in [1.807, 2.05) is 17.4 Å². The number of para-hydroxylation sites is 2. The van der Waals surface area contributed by atoms with Gasteiger partial charge in [0.15, 0.2) is 0 Å². The van der Waals surface area contributed by atoms with Crippen molar-refractivity contribution in [2.75, 3.05) is 4.90 Å². The lowest BCUT2D eigenvalue weighted by atomic mass is 9.87. The van der Waals surface area contributed by atoms with Gasteiger partial charge in [-0.3, -0.25) is 0 Å². The number of benzene rings is 10. The number of hydrogen-bond acceptors (Lipinski definition) is 3. The van der Waals surface area contributed by atoms with Gasteiger partial charge < -0.3 is 9.32 Å². The Labute approximate surface area is 370 Å². The summed E-state index contributed by atoms with van der Waals surface area (Å²) in [6, 6.07) is 85.5. The van der Waals surface area contributed by atoms with E-state index in [4.69, 9.17) is 4.42 Å². The van der Waals surface area contributed by atoms with Crippen molar-refractivity contribution in [2.24, 2.45) is 0 Å². The van der Waals surface area contributed by atoms with Crippen LogP contribution in [0.3, 0.4) is 0 Å². The Morgan fingerprint density at radius 2 is 0.905 bits per heavy atom. The van der Waals surface area contributed by atoms with Crippen LogP contribution < -0.4 is 4.90 Å². The van der Waals surface area contributed by atoms with E-state index in [1.165, 1.54) is 48.0 Å². The zero-order chi connectivity index (χ0) is 41.7. The number of furan rings is 1. The average molecular weight is 822 g/mol. The molecular weight excluding hydrogens is 783 g/mol. The molecule has 0 unspecified atom stereocenters. The lowest BCUT2D eigenvalue weighted by molar-refractivity contribution is 0.670. The van der Waals surface area contributed by atoms with Crippen LogP contribution in [0.15, 0.2) is 241 Å². The minimum absolute atomic E-state index is 0.892. The molecule has 0 aliphatic heterocycles. The molecule has 2 nitrogen and oxygen atoms in total. The van der Waals surface area contributed by atoms with Crippen LogP contribution in [-0.4, -0.2) is 0 Å². The molecule has 63 heavy (non-hydrogen) atoms. The molecule has 2 aromatic heterocycles. The summed E-state index contributed by atoms with van der Waals surface area (Å²) in [7, 11) is 0. The van der Waals surface area contributed by atoms with Crippen LogP contribution in [0, 0.1) is 0 Å². The van der Waals surface area contributed by atoms with Gasteiger partial charge in [-0.15, -0.1) is 11.3 Å². The van der Waals surface area contributed by atoms with Crippen molar-refractivity contribution >= 4 is 70.5 Å². The van der Waals surface area contributed by atoms with Gasteiger partial charge >= 0.3 is 0 Å². The predicted molar refractivity (Wildman–Crippen MR) is 268 cm³/mol. The third-order valence-corrected chi connectivity index (χ3v) is 13.4. The molecule has 0 aliphatic carbocycles. The normalized spacial score (nSPS) is 11.5. The number of fused-ring (bicyclic) bond motifs is 6. The molecule has 0 amide bonds. The molecule has 2 heterocycles. The summed E-state index contributed by atoms with van der Waals surface area (Å²) in [6.07, 6.45) is 0. The minimum Gasteiger partial charge on any atom is -0.455 e. The Morgan fingerprint density at radius 1 is 0.317 bits per heavy atom. The molecule has 0 bridgehead atoms. The van der Waals surface area contributed by atoms with E-state index in [1.54, 1.807) is 0 Å². The third kappa shape index (κ3) is 6.50. The second kappa shape index (κ2) is 15.5. The molecule has 3 heteroatoms. The number of thiophene rings is 1. The summed E-state index contributed by atoms with van der Waals surface area (Å²) in [5.74, 6) is 0. The van der Waals surface area contributed by atoms with Gasteiger partial charge in [0.25, 0.3) is 0 Å². The fraction of sp³-hybridized carbons (Fsp3) is 0. The topological polar surface area (TPSA) is 16.4 Å². The zero-order valence-electron chi connectivity index (χ0n) is 34.3. The maximum absolute atomic E-state index is 6.59. The highest BCUT2D eigenvalue weighted by Gasteiger charge is 2.24. The van der Waals surface area contributed by atoms with Crippen LogP contribution in [0.1, 0.15) is 0 Å². The summed E-state index contributed by atoms with van der Waals surface area (Å²) < 4.78 is 9.21. The first-order chi connectivity index (χ1) is 31.2. The lowest BCUT2D eigenvalue weighted by Gasteiger charge is -2.30. The second-order valence-corrected chi connectivity index (χ2v) is 17.1. The number of hydrogen-bond donors (Lipinski definition) is 0. The van der Waals surface area contributed by atoms with Crippen molar-refractivity contribution in [2.45, 2.75) is 0 Å². The van der Waals surface area contributed by atoms with Gasteiger partial charge in [0.05, 0.1) is 5.69 Å². The molecular formula is C60H39NOS. The van der Waals surface area contributed by atoms with Gasteiger partial charge in [-0.1, -0.05) is 188 Å². The van der Waals surface area contributed by atoms with Gasteiger partial charge in [-0.05, 0) is 93.0 Å². The molecule has 0 N–H and O–H groups in total. The fourth-order valence-electron chi connectivity index (χ4n) is 9.36. The second-order valence-electron chi connectivity index (χ2n) is 16.0. The Morgan fingerprint density at radius 3 is 1.73 bits per heavy atom. The highest BCUT2D eigenvalue weighted by atomic mass is 32.1. The summed E-state index contributed by atoms with van der Waals surface area (Å²) >= 11 is 1.86. The number of rotatable bonds is 8. The first kappa shape index (κ1) is 36.8. The molecule has 0 saturated heterocycles. The van der Waals surface area contributed by atoms with Crippen LogP contribution in [0.5, 0.6) is 0 Å². The highest BCUT2D eigenvalue weighted by molar-refractivity contribution is 7.25. The minimum atomic E-state index is 0.892. The van der Waals surface area contributed by atoms with Gasteiger partial charge in [-0.2, -0.15) is 0 Å². The maximum atomic E-state index is 6.59. The van der Waals surface area contributed by atoms with E-state index in [9.17, 15) is 0 Å². The van der Waals surface area contributed by atoms with E-state index < -0.39 is 0 Å². The van der Waals surface area contributed by atoms with Crippen molar-refractivity contribution in [3.05, 3.63) is 237 Å². The van der Waals surface area contributed by atoms with Crippen molar-refractivity contribution in [3.8, 4) is 55.6 Å². The predicted octanol–water partition coefficient (Wildman–Crippen LogP) is 17.8. The third-order valence-electron chi connectivity index (χ3n) is 12.3. The van der Waals surface area contributed by atoms with E-state index in [0.29, 0.717) is 0 Å².